The molecule has 18 heavy (non-hydrogen) atoms. The monoisotopic (exact) mass is 235 g/mol. The Hall–Kier alpha value is -1.89. The quantitative estimate of drug-likeness (QED) is 0.709. The summed E-state index contributed by atoms with van der Waals surface area (Å²) in [5.41, 5.74) is 7.08. The van der Waals surface area contributed by atoms with E-state index in [4.69, 9.17) is 5.41 Å². The third-order valence-corrected chi connectivity index (χ3v) is 4.02. The van der Waals surface area contributed by atoms with Gasteiger partial charge in [-0.3, -0.25) is 0 Å². The number of nitrogens with one attached hydrogen (secondary N) is 1. The third kappa shape index (κ3) is 1.37. The molecule has 1 nitrogen and oxygen atoms in total. The molecule has 1 N–H and O–H groups in total. The second-order valence-electron chi connectivity index (χ2n) is 5.56. The van der Waals surface area contributed by atoms with Crippen LogP contribution in [-0.2, 0) is 5.41 Å². The van der Waals surface area contributed by atoms with Gasteiger partial charge in [0.15, 0.2) is 0 Å². The average Bonchev–Trinajstić information content (AvgIpc) is 2.59. The number of hydrogen-bond acceptors (Lipinski definition) is 1. The summed E-state index contributed by atoms with van der Waals surface area (Å²) in [7, 11) is 0. The Morgan fingerprint density at radius 3 is 2.33 bits per heavy atom. The van der Waals surface area contributed by atoms with Crippen molar-refractivity contribution in [1.82, 2.24) is 0 Å². The second kappa shape index (κ2) is 3.55. The van der Waals surface area contributed by atoms with Gasteiger partial charge in [0.1, 0.15) is 0 Å². The molecule has 0 unspecified atom stereocenters. The van der Waals surface area contributed by atoms with Crippen LogP contribution in [0.1, 0.15) is 37.5 Å². The molecular formula is C17H17N. The number of hydrogen-bond donors (Lipinski definition) is 1. The Labute approximate surface area is 108 Å². The summed E-state index contributed by atoms with van der Waals surface area (Å²) in [6.45, 7) is 6.37. The zero-order chi connectivity index (χ0) is 12.9. The van der Waals surface area contributed by atoms with Crippen LogP contribution in [0.3, 0.4) is 0 Å². The van der Waals surface area contributed by atoms with Crippen LogP contribution in [-0.4, -0.2) is 5.71 Å². The molecule has 0 aliphatic heterocycles. The first kappa shape index (κ1) is 11.2. The maximum absolute atomic E-state index is 7.79. The molecular weight excluding hydrogens is 218 g/mol. The first-order valence-corrected chi connectivity index (χ1v) is 6.32. The summed E-state index contributed by atoms with van der Waals surface area (Å²) in [5, 5.41) is 7.79. The highest BCUT2D eigenvalue weighted by atomic mass is 14.4. The smallest absolute Gasteiger partial charge is 0.0355 e. The standard InChI is InChI=1S/C17H17N/c1-11(18)12-8-9-14-13-6-4-5-7-15(13)17(2,3)16(14)10-12/h4-10,18H,1-3H3. The first-order chi connectivity index (χ1) is 8.51. The van der Waals surface area contributed by atoms with Crippen molar-refractivity contribution >= 4 is 5.71 Å². The van der Waals surface area contributed by atoms with Gasteiger partial charge in [-0.05, 0) is 40.8 Å². The van der Waals surface area contributed by atoms with Crippen molar-refractivity contribution in [2.75, 3.05) is 0 Å². The van der Waals surface area contributed by atoms with E-state index in [1.807, 2.05) is 6.92 Å². The molecule has 0 aromatic heterocycles. The van der Waals surface area contributed by atoms with E-state index in [-0.39, 0.29) is 5.41 Å². The highest BCUT2D eigenvalue weighted by Crippen LogP contribution is 2.48. The minimum Gasteiger partial charge on any atom is -0.305 e. The van der Waals surface area contributed by atoms with Gasteiger partial charge >= 0.3 is 0 Å². The van der Waals surface area contributed by atoms with E-state index in [1.165, 1.54) is 22.3 Å². The van der Waals surface area contributed by atoms with Gasteiger partial charge in [0.05, 0.1) is 0 Å². The average molecular weight is 235 g/mol. The van der Waals surface area contributed by atoms with Crippen molar-refractivity contribution in [3.8, 4) is 11.1 Å². The van der Waals surface area contributed by atoms with Crippen molar-refractivity contribution in [1.29, 1.82) is 5.41 Å². The van der Waals surface area contributed by atoms with Gasteiger partial charge in [0, 0.05) is 11.1 Å². The van der Waals surface area contributed by atoms with Crippen LogP contribution < -0.4 is 0 Å². The highest BCUT2D eigenvalue weighted by Gasteiger charge is 2.35. The number of fused-ring (bicyclic) bond motifs is 3. The van der Waals surface area contributed by atoms with Crippen LogP contribution >= 0.6 is 0 Å². The molecule has 0 spiro atoms. The molecule has 0 amide bonds. The number of rotatable bonds is 1. The summed E-state index contributed by atoms with van der Waals surface area (Å²) in [5.74, 6) is 0. The molecule has 0 fully saturated rings. The number of benzene rings is 2. The highest BCUT2D eigenvalue weighted by molar-refractivity contribution is 5.97. The Bertz CT molecular complexity index is 650. The Kier molecular flexibility index (Phi) is 2.21. The molecule has 0 saturated carbocycles. The molecule has 0 bridgehead atoms. The van der Waals surface area contributed by atoms with Crippen LogP contribution in [0.4, 0.5) is 0 Å². The van der Waals surface area contributed by atoms with Gasteiger partial charge in [-0.1, -0.05) is 50.2 Å². The van der Waals surface area contributed by atoms with Crippen molar-refractivity contribution in [3.63, 3.8) is 0 Å². The lowest BCUT2D eigenvalue weighted by atomic mass is 9.82. The molecule has 0 atom stereocenters. The minimum absolute atomic E-state index is 0.0391. The predicted octanol–water partition coefficient (Wildman–Crippen LogP) is 4.38. The molecule has 3 rings (SSSR count). The minimum atomic E-state index is 0.0391. The van der Waals surface area contributed by atoms with Crippen LogP contribution in [0.5, 0.6) is 0 Å². The van der Waals surface area contributed by atoms with E-state index >= 15 is 0 Å². The molecule has 1 aliphatic rings. The lowest BCUT2D eigenvalue weighted by Crippen LogP contribution is -2.15. The van der Waals surface area contributed by atoms with Crippen LogP contribution in [0.2, 0.25) is 0 Å². The van der Waals surface area contributed by atoms with E-state index < -0.39 is 0 Å². The maximum Gasteiger partial charge on any atom is 0.0355 e. The van der Waals surface area contributed by atoms with E-state index in [1.54, 1.807) is 0 Å². The van der Waals surface area contributed by atoms with Crippen LogP contribution in [0.25, 0.3) is 11.1 Å². The van der Waals surface area contributed by atoms with Gasteiger partial charge < -0.3 is 5.41 Å². The second-order valence-corrected chi connectivity index (χ2v) is 5.56. The van der Waals surface area contributed by atoms with Gasteiger partial charge in [0.2, 0.25) is 0 Å². The topological polar surface area (TPSA) is 23.9 Å². The zero-order valence-corrected chi connectivity index (χ0v) is 11.0. The lowest BCUT2D eigenvalue weighted by molar-refractivity contribution is 0.660. The fourth-order valence-electron chi connectivity index (χ4n) is 2.94. The summed E-state index contributed by atoms with van der Waals surface area (Å²) in [6, 6.07) is 15.0. The molecule has 1 aliphatic carbocycles. The fraction of sp³-hybridized carbons (Fsp3) is 0.235. The fourth-order valence-corrected chi connectivity index (χ4v) is 2.94. The van der Waals surface area contributed by atoms with Crippen molar-refractivity contribution < 1.29 is 0 Å². The summed E-state index contributed by atoms with van der Waals surface area (Å²) in [6.07, 6.45) is 0. The molecule has 90 valence electrons. The molecule has 1 heteroatoms. The van der Waals surface area contributed by atoms with Crippen LogP contribution in [0, 0.1) is 5.41 Å². The van der Waals surface area contributed by atoms with E-state index in [2.05, 4.69) is 56.3 Å². The first-order valence-electron chi connectivity index (χ1n) is 6.32. The molecule has 0 saturated heterocycles. The largest absolute Gasteiger partial charge is 0.305 e. The van der Waals surface area contributed by atoms with Gasteiger partial charge in [0.25, 0.3) is 0 Å². The molecule has 0 heterocycles. The molecule has 2 aromatic rings. The van der Waals surface area contributed by atoms with E-state index in [0.717, 1.165) is 5.56 Å². The van der Waals surface area contributed by atoms with Gasteiger partial charge in [-0.15, -0.1) is 0 Å². The zero-order valence-electron chi connectivity index (χ0n) is 11.0. The predicted molar refractivity (Wildman–Crippen MR) is 76.5 cm³/mol. The van der Waals surface area contributed by atoms with Crippen LogP contribution in [0.15, 0.2) is 42.5 Å². The lowest BCUT2D eigenvalue weighted by Gasteiger charge is -2.21. The Morgan fingerprint density at radius 2 is 1.61 bits per heavy atom. The third-order valence-electron chi connectivity index (χ3n) is 4.02. The Morgan fingerprint density at radius 1 is 0.944 bits per heavy atom. The van der Waals surface area contributed by atoms with Crippen molar-refractivity contribution in [2.45, 2.75) is 26.2 Å². The maximum atomic E-state index is 7.79. The van der Waals surface area contributed by atoms with Crippen molar-refractivity contribution in [3.05, 3.63) is 59.2 Å². The van der Waals surface area contributed by atoms with E-state index in [0.29, 0.717) is 5.71 Å². The molecule has 0 radical (unpaired) electrons. The van der Waals surface area contributed by atoms with Gasteiger partial charge in [-0.25, -0.2) is 0 Å². The summed E-state index contributed by atoms with van der Waals surface area (Å²) >= 11 is 0. The summed E-state index contributed by atoms with van der Waals surface area (Å²) in [4.78, 5) is 0. The van der Waals surface area contributed by atoms with Crippen molar-refractivity contribution in [2.24, 2.45) is 0 Å². The normalized spacial score (nSPS) is 15.1. The van der Waals surface area contributed by atoms with E-state index in [9.17, 15) is 0 Å². The summed E-state index contributed by atoms with van der Waals surface area (Å²) < 4.78 is 0. The molecule has 2 aromatic carbocycles. The van der Waals surface area contributed by atoms with Gasteiger partial charge in [-0.2, -0.15) is 0 Å². The SMILES string of the molecule is CC(=N)c1ccc2c(c1)C(C)(C)c1ccccc1-2. The Balaban J connectivity index is 2.31.